The Hall–Kier alpha value is -2.76. The van der Waals surface area contributed by atoms with Crippen LogP contribution in [0, 0.1) is 26.7 Å². The maximum atomic E-state index is 12.4. The van der Waals surface area contributed by atoms with Gasteiger partial charge >= 0.3 is 0 Å². The summed E-state index contributed by atoms with van der Waals surface area (Å²) in [5.74, 6) is 2.79. The van der Waals surface area contributed by atoms with E-state index in [2.05, 4.69) is 28.9 Å². The molecule has 4 fully saturated rings. The second kappa shape index (κ2) is 8.40. The van der Waals surface area contributed by atoms with E-state index in [1.54, 1.807) is 0 Å². The molecule has 31 heavy (non-hydrogen) atoms. The number of pyridine rings is 1. The van der Waals surface area contributed by atoms with E-state index in [9.17, 15) is 4.79 Å². The van der Waals surface area contributed by atoms with Gasteiger partial charge in [-0.3, -0.25) is 4.79 Å². The Bertz CT molecular complexity index is 950. The first kappa shape index (κ1) is 21.5. The summed E-state index contributed by atoms with van der Waals surface area (Å²) >= 11 is 0. The van der Waals surface area contributed by atoms with E-state index >= 15 is 0 Å². The van der Waals surface area contributed by atoms with Gasteiger partial charge in [0.25, 0.3) is 0 Å². The van der Waals surface area contributed by atoms with Crippen molar-refractivity contribution in [3.8, 4) is 11.6 Å². The van der Waals surface area contributed by atoms with Gasteiger partial charge in [0.15, 0.2) is 0 Å². The van der Waals surface area contributed by atoms with Crippen molar-refractivity contribution in [2.75, 3.05) is 23.7 Å². The van der Waals surface area contributed by atoms with Crippen LogP contribution in [0.4, 0.5) is 11.5 Å². The summed E-state index contributed by atoms with van der Waals surface area (Å²) < 4.78 is 6.18. The van der Waals surface area contributed by atoms with Gasteiger partial charge in [0.05, 0.1) is 17.8 Å². The van der Waals surface area contributed by atoms with Crippen molar-refractivity contribution in [2.45, 2.75) is 66.0 Å². The highest BCUT2D eigenvalue weighted by Crippen LogP contribution is 2.41. The highest BCUT2D eigenvalue weighted by Gasteiger charge is 2.48. The molecule has 2 atom stereocenters. The van der Waals surface area contributed by atoms with Crippen LogP contribution >= 0.6 is 0 Å². The fourth-order valence-electron chi connectivity index (χ4n) is 4.84. The summed E-state index contributed by atoms with van der Waals surface area (Å²) in [6.45, 7) is 11.8. The maximum Gasteiger partial charge on any atom is 0.244 e. The van der Waals surface area contributed by atoms with E-state index in [-0.39, 0.29) is 5.92 Å². The molecular weight excluding hydrogens is 388 g/mol. The van der Waals surface area contributed by atoms with Crippen LogP contribution in [0.25, 0.3) is 0 Å². The number of carbonyl (C=O) groups is 1. The SMILES string of the molecule is CC.Cc1cc(C)c(Oc2nc(N3C4CC3CN(C(=O)C3CC3)C4)ccc2N)c(C)c1. The molecule has 4 aliphatic rings. The van der Waals surface area contributed by atoms with Gasteiger partial charge in [-0.05, 0) is 63.3 Å². The Morgan fingerprint density at radius 1 is 1.06 bits per heavy atom. The summed E-state index contributed by atoms with van der Waals surface area (Å²) in [6.07, 6.45) is 3.24. The number of nitrogens with two attached hydrogens (primary N) is 1. The standard InChI is InChI=1S/C23H28N4O2.C2H6/c1-13-8-14(2)21(15(3)9-13)29-22-19(24)6-7-20(25-22)27-17-10-18(27)12-26(11-17)23(28)16-4-5-16;1-2/h6-9,16-18H,4-5,10-12,24H2,1-3H3;1-2H3. The third-order valence-corrected chi connectivity index (χ3v) is 6.37. The Balaban J connectivity index is 0.00000112. The number of hydrogen-bond acceptors (Lipinski definition) is 5. The zero-order valence-corrected chi connectivity index (χ0v) is 19.3. The van der Waals surface area contributed by atoms with E-state index in [4.69, 9.17) is 15.5 Å². The molecule has 166 valence electrons. The quantitative estimate of drug-likeness (QED) is 0.779. The number of carbonyl (C=O) groups excluding carboxylic acids is 1. The predicted molar refractivity (Wildman–Crippen MR) is 125 cm³/mol. The van der Waals surface area contributed by atoms with Crippen molar-refractivity contribution in [3.05, 3.63) is 41.0 Å². The molecule has 0 spiro atoms. The maximum absolute atomic E-state index is 12.4. The first-order valence-electron chi connectivity index (χ1n) is 11.5. The van der Waals surface area contributed by atoms with Crippen LogP contribution < -0.4 is 15.4 Å². The lowest BCUT2D eigenvalue weighted by Crippen LogP contribution is -2.70. The number of anilines is 2. The number of aromatic nitrogens is 1. The van der Waals surface area contributed by atoms with Crippen molar-refractivity contribution in [1.29, 1.82) is 0 Å². The lowest BCUT2D eigenvalue weighted by Gasteiger charge is -2.57. The van der Waals surface area contributed by atoms with Crippen molar-refractivity contribution in [1.82, 2.24) is 9.88 Å². The largest absolute Gasteiger partial charge is 0.436 e. The first-order chi connectivity index (χ1) is 14.9. The van der Waals surface area contributed by atoms with Crippen LogP contribution in [0.3, 0.4) is 0 Å². The predicted octanol–water partition coefficient (Wildman–Crippen LogP) is 4.61. The molecule has 2 aromatic rings. The van der Waals surface area contributed by atoms with Crippen LogP contribution in [0.15, 0.2) is 24.3 Å². The third-order valence-electron chi connectivity index (χ3n) is 6.37. The zero-order valence-electron chi connectivity index (χ0n) is 19.3. The van der Waals surface area contributed by atoms with E-state index in [0.717, 1.165) is 55.0 Å². The molecule has 1 saturated carbocycles. The smallest absolute Gasteiger partial charge is 0.244 e. The fourth-order valence-corrected chi connectivity index (χ4v) is 4.84. The summed E-state index contributed by atoms with van der Waals surface area (Å²) in [7, 11) is 0. The Labute approximate surface area is 185 Å². The van der Waals surface area contributed by atoms with Crippen LogP contribution in [0.5, 0.6) is 11.6 Å². The molecule has 3 saturated heterocycles. The topological polar surface area (TPSA) is 71.7 Å². The Kier molecular flexibility index (Phi) is 5.82. The molecule has 2 unspecified atom stereocenters. The first-order valence-corrected chi connectivity index (χ1v) is 11.5. The van der Waals surface area contributed by atoms with Crippen molar-refractivity contribution in [3.63, 3.8) is 0 Å². The van der Waals surface area contributed by atoms with Crippen LogP contribution in [0.2, 0.25) is 0 Å². The average Bonchev–Trinajstić information content (AvgIpc) is 3.59. The van der Waals surface area contributed by atoms with Gasteiger partial charge in [0.2, 0.25) is 11.8 Å². The normalized spacial score (nSPS) is 21.7. The van der Waals surface area contributed by atoms with Crippen LogP contribution in [-0.4, -0.2) is 41.0 Å². The van der Waals surface area contributed by atoms with E-state index in [1.807, 2.05) is 39.8 Å². The molecule has 6 nitrogen and oxygen atoms in total. The highest BCUT2D eigenvalue weighted by atomic mass is 16.5. The van der Waals surface area contributed by atoms with Gasteiger partial charge in [0, 0.05) is 19.0 Å². The number of nitrogens with zero attached hydrogens (tertiary/aromatic N) is 3. The number of benzene rings is 1. The highest BCUT2D eigenvalue weighted by molar-refractivity contribution is 5.81. The molecule has 1 aromatic heterocycles. The molecule has 3 aliphatic heterocycles. The minimum atomic E-state index is 0.289. The second-order valence-corrected chi connectivity index (χ2v) is 8.86. The number of nitrogen functional groups attached to an aromatic ring is 1. The number of hydrogen-bond donors (Lipinski definition) is 1. The van der Waals surface area contributed by atoms with E-state index < -0.39 is 0 Å². The van der Waals surface area contributed by atoms with E-state index in [1.165, 1.54) is 5.56 Å². The van der Waals surface area contributed by atoms with Gasteiger partial charge in [-0.15, -0.1) is 0 Å². The van der Waals surface area contributed by atoms with Crippen LogP contribution in [0.1, 0.15) is 49.8 Å². The number of ether oxygens (including phenoxy) is 1. The van der Waals surface area contributed by atoms with Gasteiger partial charge < -0.3 is 20.3 Å². The monoisotopic (exact) mass is 422 g/mol. The number of fused-ring (bicyclic) bond motifs is 2. The minimum Gasteiger partial charge on any atom is -0.436 e. The van der Waals surface area contributed by atoms with Gasteiger partial charge in [0.1, 0.15) is 11.6 Å². The molecule has 6 heteroatoms. The van der Waals surface area contributed by atoms with Crippen molar-refractivity contribution >= 4 is 17.4 Å². The fraction of sp³-hybridized carbons (Fsp3) is 0.520. The van der Waals surface area contributed by atoms with Crippen LogP contribution in [-0.2, 0) is 4.79 Å². The van der Waals surface area contributed by atoms with E-state index in [0.29, 0.717) is 29.6 Å². The number of amides is 1. The molecular formula is C25H34N4O2. The molecule has 1 aromatic carbocycles. The molecule has 2 bridgehead atoms. The molecule has 0 radical (unpaired) electrons. The Morgan fingerprint density at radius 3 is 2.26 bits per heavy atom. The molecule has 2 N–H and O–H groups in total. The second-order valence-electron chi connectivity index (χ2n) is 8.86. The Morgan fingerprint density at radius 2 is 1.68 bits per heavy atom. The molecule has 4 heterocycles. The van der Waals surface area contributed by atoms with Crippen molar-refractivity contribution < 1.29 is 9.53 Å². The van der Waals surface area contributed by atoms with Gasteiger partial charge in [-0.1, -0.05) is 31.5 Å². The zero-order chi connectivity index (χ0) is 22.3. The summed E-state index contributed by atoms with van der Waals surface area (Å²) in [6, 6.07) is 8.72. The third kappa shape index (κ3) is 4.08. The van der Waals surface area contributed by atoms with Gasteiger partial charge in [-0.25, -0.2) is 0 Å². The van der Waals surface area contributed by atoms with Gasteiger partial charge in [-0.2, -0.15) is 4.98 Å². The molecule has 1 amide bonds. The summed E-state index contributed by atoms with van der Waals surface area (Å²) in [5.41, 5.74) is 10.1. The number of rotatable bonds is 4. The van der Waals surface area contributed by atoms with Crippen molar-refractivity contribution in [2.24, 2.45) is 5.92 Å². The summed E-state index contributed by atoms with van der Waals surface area (Å²) in [5, 5.41) is 0. The average molecular weight is 423 g/mol. The molecule has 6 rings (SSSR count). The lowest BCUT2D eigenvalue weighted by molar-refractivity contribution is -0.135. The minimum absolute atomic E-state index is 0.289. The summed E-state index contributed by atoms with van der Waals surface area (Å²) in [4.78, 5) is 21.6. The molecule has 1 aliphatic carbocycles. The lowest BCUT2D eigenvalue weighted by atomic mass is 9.87. The number of aryl methyl sites for hydroxylation is 3. The number of piperazine rings is 1. The number of piperidine rings is 1.